The van der Waals surface area contributed by atoms with E-state index >= 15 is 0 Å². The predicted molar refractivity (Wildman–Crippen MR) is 74.1 cm³/mol. The van der Waals surface area contributed by atoms with Crippen molar-refractivity contribution in [2.45, 2.75) is 32.1 Å². The molecule has 0 amide bonds. The summed E-state index contributed by atoms with van der Waals surface area (Å²) in [5.41, 5.74) is 7.97. The van der Waals surface area contributed by atoms with E-state index < -0.39 is 0 Å². The van der Waals surface area contributed by atoms with Crippen LogP contribution in [0.4, 0.5) is 5.69 Å². The largest absolute Gasteiger partial charge is 0.398 e. The van der Waals surface area contributed by atoms with Crippen LogP contribution in [0.1, 0.15) is 42.5 Å². The van der Waals surface area contributed by atoms with Gasteiger partial charge >= 0.3 is 0 Å². The lowest BCUT2D eigenvalue weighted by Crippen LogP contribution is -2.07. The van der Waals surface area contributed by atoms with Gasteiger partial charge in [-0.1, -0.05) is 28.4 Å². The van der Waals surface area contributed by atoms with Crippen LogP contribution in [0.15, 0.2) is 34.3 Å². The number of Topliss-reactive ketones (excluding diaryl/α,β-unsaturated/α-hetero) is 1. The Hall–Kier alpha value is -1.09. The summed E-state index contributed by atoms with van der Waals surface area (Å²) in [6, 6.07) is 5.44. The molecule has 0 heterocycles. The maximum Gasteiger partial charge on any atom is 0.190 e. The molecule has 1 aromatic rings. The van der Waals surface area contributed by atoms with E-state index in [1.54, 1.807) is 6.07 Å². The lowest BCUT2D eigenvalue weighted by molar-refractivity contribution is 0.103. The van der Waals surface area contributed by atoms with Crippen LogP contribution in [0.2, 0.25) is 0 Å². The minimum Gasteiger partial charge on any atom is -0.398 e. The summed E-state index contributed by atoms with van der Waals surface area (Å²) in [6.07, 6.45) is 7.47. The Morgan fingerprint density at radius 2 is 2.06 bits per heavy atom. The highest BCUT2D eigenvalue weighted by molar-refractivity contribution is 9.10. The van der Waals surface area contributed by atoms with Gasteiger partial charge in [0, 0.05) is 15.7 Å². The van der Waals surface area contributed by atoms with Gasteiger partial charge in [-0.15, -0.1) is 0 Å². The fraction of sp³-hybridized carbons (Fsp3) is 0.357. The van der Waals surface area contributed by atoms with Gasteiger partial charge in [0.25, 0.3) is 0 Å². The van der Waals surface area contributed by atoms with Crippen LogP contribution < -0.4 is 5.73 Å². The van der Waals surface area contributed by atoms with Crippen molar-refractivity contribution < 1.29 is 4.79 Å². The number of allylic oxidation sites excluding steroid dienone is 2. The first-order valence-electron chi connectivity index (χ1n) is 5.97. The second-order valence-electron chi connectivity index (χ2n) is 4.39. The normalized spacial score (nSPS) is 16.2. The monoisotopic (exact) mass is 293 g/mol. The standard InChI is InChI=1S/C14H16BrNO/c15-11-7-8-13(16)12(9-11)14(17)10-5-3-1-2-4-6-10/h5,7-9H,1-4,6,16H2. The Balaban J connectivity index is 2.29. The average molecular weight is 294 g/mol. The third-order valence-corrected chi connectivity index (χ3v) is 3.59. The number of halogens is 1. The summed E-state index contributed by atoms with van der Waals surface area (Å²) in [5.74, 6) is 0.0886. The topological polar surface area (TPSA) is 43.1 Å². The SMILES string of the molecule is Nc1ccc(Br)cc1C(=O)C1=CCCCCC1. The molecule has 0 aromatic heterocycles. The van der Waals surface area contributed by atoms with Crippen molar-refractivity contribution >= 4 is 27.4 Å². The second-order valence-corrected chi connectivity index (χ2v) is 5.31. The fourth-order valence-corrected chi connectivity index (χ4v) is 2.48. The number of carbonyl (C=O) groups excluding carboxylic acids is 1. The number of hydrogen-bond donors (Lipinski definition) is 1. The maximum atomic E-state index is 12.4. The lowest BCUT2D eigenvalue weighted by atomic mass is 9.98. The highest BCUT2D eigenvalue weighted by Gasteiger charge is 2.16. The van der Waals surface area contributed by atoms with Crippen molar-refractivity contribution in [2.75, 3.05) is 5.73 Å². The number of anilines is 1. The van der Waals surface area contributed by atoms with Crippen LogP contribution in [0.3, 0.4) is 0 Å². The zero-order valence-electron chi connectivity index (χ0n) is 9.71. The molecule has 0 saturated heterocycles. The molecule has 0 fully saturated rings. The van der Waals surface area contributed by atoms with E-state index in [0.29, 0.717) is 11.3 Å². The maximum absolute atomic E-state index is 12.4. The molecule has 2 N–H and O–H groups in total. The van der Waals surface area contributed by atoms with E-state index in [0.717, 1.165) is 29.3 Å². The molecular formula is C14H16BrNO. The Morgan fingerprint density at radius 3 is 2.88 bits per heavy atom. The molecule has 1 aliphatic carbocycles. The van der Waals surface area contributed by atoms with E-state index in [9.17, 15) is 4.79 Å². The van der Waals surface area contributed by atoms with Crippen LogP contribution >= 0.6 is 15.9 Å². The van der Waals surface area contributed by atoms with Crippen LogP contribution in [-0.2, 0) is 0 Å². The van der Waals surface area contributed by atoms with Crippen molar-refractivity contribution in [3.05, 3.63) is 39.9 Å². The van der Waals surface area contributed by atoms with Gasteiger partial charge in [0.2, 0.25) is 0 Å². The van der Waals surface area contributed by atoms with Crippen molar-refractivity contribution in [1.82, 2.24) is 0 Å². The van der Waals surface area contributed by atoms with Crippen LogP contribution in [-0.4, -0.2) is 5.78 Å². The number of benzene rings is 1. The summed E-state index contributed by atoms with van der Waals surface area (Å²) in [7, 11) is 0. The number of nitrogen functional groups attached to an aromatic ring is 1. The van der Waals surface area contributed by atoms with Crippen molar-refractivity contribution in [3.63, 3.8) is 0 Å². The molecule has 3 heteroatoms. The number of rotatable bonds is 2. The molecule has 1 aliphatic rings. The van der Waals surface area contributed by atoms with E-state index in [4.69, 9.17) is 5.73 Å². The van der Waals surface area contributed by atoms with Gasteiger partial charge < -0.3 is 5.73 Å². The summed E-state index contributed by atoms with van der Waals surface area (Å²) in [6.45, 7) is 0. The average Bonchev–Trinajstić information content (AvgIpc) is 2.60. The smallest absolute Gasteiger partial charge is 0.190 e. The van der Waals surface area contributed by atoms with Crippen LogP contribution in [0, 0.1) is 0 Å². The molecular weight excluding hydrogens is 278 g/mol. The van der Waals surface area contributed by atoms with Gasteiger partial charge in [-0.2, -0.15) is 0 Å². The quantitative estimate of drug-likeness (QED) is 0.659. The predicted octanol–water partition coefficient (Wildman–Crippen LogP) is 4.10. The third kappa shape index (κ3) is 2.97. The molecule has 0 atom stereocenters. The fourth-order valence-electron chi connectivity index (χ4n) is 2.12. The number of ketones is 1. The molecule has 0 saturated carbocycles. The molecule has 2 rings (SSSR count). The summed E-state index contributed by atoms with van der Waals surface area (Å²) < 4.78 is 0.893. The Labute approximate surface area is 110 Å². The molecule has 17 heavy (non-hydrogen) atoms. The number of nitrogens with two attached hydrogens (primary N) is 1. The van der Waals surface area contributed by atoms with Crippen molar-refractivity contribution in [2.24, 2.45) is 0 Å². The zero-order chi connectivity index (χ0) is 12.3. The van der Waals surface area contributed by atoms with Gasteiger partial charge in [0.05, 0.1) is 0 Å². The lowest BCUT2D eigenvalue weighted by Gasteiger charge is -2.08. The van der Waals surface area contributed by atoms with E-state index in [-0.39, 0.29) is 5.78 Å². The van der Waals surface area contributed by atoms with Gasteiger partial charge in [-0.25, -0.2) is 0 Å². The second kappa shape index (κ2) is 5.50. The summed E-state index contributed by atoms with van der Waals surface area (Å²) in [5, 5.41) is 0. The summed E-state index contributed by atoms with van der Waals surface area (Å²) in [4.78, 5) is 12.4. The van der Waals surface area contributed by atoms with Gasteiger partial charge in [0.1, 0.15) is 0 Å². The molecule has 1 aromatic carbocycles. The van der Waals surface area contributed by atoms with Gasteiger partial charge in [-0.05, 0) is 49.5 Å². The van der Waals surface area contributed by atoms with Gasteiger partial charge in [0.15, 0.2) is 5.78 Å². The first-order chi connectivity index (χ1) is 8.18. The van der Waals surface area contributed by atoms with Crippen LogP contribution in [0.5, 0.6) is 0 Å². The Kier molecular flexibility index (Phi) is 4.00. The van der Waals surface area contributed by atoms with Gasteiger partial charge in [-0.3, -0.25) is 4.79 Å². The Morgan fingerprint density at radius 1 is 1.24 bits per heavy atom. The molecule has 0 spiro atoms. The van der Waals surface area contributed by atoms with E-state index in [2.05, 4.69) is 22.0 Å². The minimum atomic E-state index is 0.0886. The first-order valence-corrected chi connectivity index (χ1v) is 6.76. The highest BCUT2D eigenvalue weighted by atomic mass is 79.9. The Bertz CT molecular complexity index is 465. The number of carbonyl (C=O) groups is 1. The van der Waals surface area contributed by atoms with Crippen molar-refractivity contribution in [1.29, 1.82) is 0 Å². The zero-order valence-corrected chi connectivity index (χ0v) is 11.3. The number of hydrogen-bond acceptors (Lipinski definition) is 2. The molecule has 90 valence electrons. The summed E-state index contributed by atoms with van der Waals surface area (Å²) >= 11 is 3.38. The third-order valence-electron chi connectivity index (χ3n) is 3.09. The molecule has 0 radical (unpaired) electrons. The molecule has 2 nitrogen and oxygen atoms in total. The van der Waals surface area contributed by atoms with E-state index in [1.165, 1.54) is 12.8 Å². The minimum absolute atomic E-state index is 0.0886. The molecule has 0 unspecified atom stereocenters. The van der Waals surface area contributed by atoms with Crippen molar-refractivity contribution in [3.8, 4) is 0 Å². The van der Waals surface area contributed by atoms with Crippen LogP contribution in [0.25, 0.3) is 0 Å². The first kappa shape index (κ1) is 12.4. The molecule has 0 bridgehead atoms. The molecule has 0 aliphatic heterocycles. The highest BCUT2D eigenvalue weighted by Crippen LogP contribution is 2.25. The van der Waals surface area contributed by atoms with E-state index in [1.807, 2.05) is 12.1 Å².